The zero-order valence-electron chi connectivity index (χ0n) is 11.5. The smallest absolute Gasteiger partial charge is 0.122 e. The molecular formula is C16H23NO. The third-order valence-electron chi connectivity index (χ3n) is 4.55. The van der Waals surface area contributed by atoms with Crippen LogP contribution < -0.4 is 4.74 Å². The molecule has 1 unspecified atom stereocenters. The molecule has 1 aromatic carbocycles. The number of fused-ring (bicyclic) bond motifs is 1. The standard InChI is InChI=1S/C16H23NO/c1-3-12-8-13-9-15(17-6-4-5-7-17)10-14(13)11-16(12)18-2/h8,11,15H,3-7,9-10H2,1-2H3. The van der Waals surface area contributed by atoms with Crippen molar-refractivity contribution in [2.75, 3.05) is 20.2 Å². The molecule has 0 N–H and O–H groups in total. The summed E-state index contributed by atoms with van der Waals surface area (Å²) in [5.74, 6) is 1.08. The Kier molecular flexibility index (Phi) is 3.29. The van der Waals surface area contributed by atoms with Crippen LogP contribution in [0.4, 0.5) is 0 Å². The van der Waals surface area contributed by atoms with Gasteiger partial charge in [0.15, 0.2) is 0 Å². The maximum Gasteiger partial charge on any atom is 0.122 e. The molecule has 1 heterocycles. The van der Waals surface area contributed by atoms with E-state index in [9.17, 15) is 0 Å². The van der Waals surface area contributed by atoms with Crippen molar-refractivity contribution in [1.29, 1.82) is 0 Å². The second-order valence-corrected chi connectivity index (χ2v) is 5.59. The molecule has 1 fully saturated rings. The second-order valence-electron chi connectivity index (χ2n) is 5.59. The Labute approximate surface area is 110 Å². The largest absolute Gasteiger partial charge is 0.496 e. The Morgan fingerprint density at radius 3 is 2.44 bits per heavy atom. The summed E-state index contributed by atoms with van der Waals surface area (Å²) in [7, 11) is 1.79. The number of aryl methyl sites for hydroxylation is 1. The summed E-state index contributed by atoms with van der Waals surface area (Å²) in [4.78, 5) is 2.68. The van der Waals surface area contributed by atoms with Crippen molar-refractivity contribution in [2.24, 2.45) is 0 Å². The average molecular weight is 245 g/mol. The lowest BCUT2D eigenvalue weighted by Crippen LogP contribution is -2.33. The molecule has 0 bridgehead atoms. The van der Waals surface area contributed by atoms with Gasteiger partial charge < -0.3 is 4.74 Å². The molecule has 3 rings (SSSR count). The van der Waals surface area contributed by atoms with E-state index in [0.29, 0.717) is 0 Å². The van der Waals surface area contributed by atoms with Gasteiger partial charge in [-0.1, -0.05) is 13.0 Å². The van der Waals surface area contributed by atoms with Crippen LogP contribution in [0.25, 0.3) is 0 Å². The van der Waals surface area contributed by atoms with Crippen LogP contribution in [-0.4, -0.2) is 31.1 Å². The van der Waals surface area contributed by atoms with Gasteiger partial charge >= 0.3 is 0 Å². The van der Waals surface area contributed by atoms with Crippen molar-refractivity contribution in [3.05, 3.63) is 28.8 Å². The summed E-state index contributed by atoms with van der Waals surface area (Å²) >= 11 is 0. The molecule has 1 aliphatic heterocycles. The van der Waals surface area contributed by atoms with E-state index in [1.54, 1.807) is 12.7 Å². The maximum atomic E-state index is 5.51. The monoisotopic (exact) mass is 245 g/mol. The van der Waals surface area contributed by atoms with Crippen LogP contribution in [0.2, 0.25) is 0 Å². The Morgan fingerprint density at radius 1 is 1.17 bits per heavy atom. The van der Waals surface area contributed by atoms with Gasteiger partial charge in [0, 0.05) is 6.04 Å². The maximum absolute atomic E-state index is 5.51. The molecule has 1 aromatic rings. The van der Waals surface area contributed by atoms with Crippen LogP contribution in [0.3, 0.4) is 0 Å². The lowest BCUT2D eigenvalue weighted by molar-refractivity contribution is 0.250. The van der Waals surface area contributed by atoms with Crippen molar-refractivity contribution in [3.8, 4) is 5.75 Å². The number of nitrogens with zero attached hydrogens (tertiary/aromatic N) is 1. The van der Waals surface area contributed by atoms with Gasteiger partial charge in [-0.15, -0.1) is 0 Å². The number of rotatable bonds is 3. The summed E-state index contributed by atoms with van der Waals surface area (Å²) in [6, 6.07) is 5.41. The number of ether oxygens (including phenoxy) is 1. The van der Waals surface area contributed by atoms with Gasteiger partial charge in [0.2, 0.25) is 0 Å². The molecule has 1 aliphatic carbocycles. The lowest BCUT2D eigenvalue weighted by Gasteiger charge is -2.22. The number of benzene rings is 1. The van der Waals surface area contributed by atoms with Gasteiger partial charge in [-0.05, 0) is 68.0 Å². The highest BCUT2D eigenvalue weighted by molar-refractivity contribution is 5.46. The van der Waals surface area contributed by atoms with E-state index < -0.39 is 0 Å². The molecule has 18 heavy (non-hydrogen) atoms. The average Bonchev–Trinajstić information content (AvgIpc) is 3.04. The van der Waals surface area contributed by atoms with Crippen LogP contribution in [0.5, 0.6) is 5.75 Å². The van der Waals surface area contributed by atoms with Crippen molar-refractivity contribution in [1.82, 2.24) is 4.90 Å². The summed E-state index contributed by atoms with van der Waals surface area (Å²) in [5.41, 5.74) is 4.43. The zero-order valence-corrected chi connectivity index (χ0v) is 11.5. The molecule has 2 aliphatic rings. The molecule has 0 saturated carbocycles. The molecular weight excluding hydrogens is 222 g/mol. The van der Waals surface area contributed by atoms with Gasteiger partial charge in [-0.2, -0.15) is 0 Å². The number of hydrogen-bond acceptors (Lipinski definition) is 2. The molecule has 0 spiro atoms. The Morgan fingerprint density at radius 2 is 1.83 bits per heavy atom. The third kappa shape index (κ3) is 2.03. The fraction of sp³-hybridized carbons (Fsp3) is 0.625. The fourth-order valence-electron chi connectivity index (χ4n) is 3.51. The van der Waals surface area contributed by atoms with Crippen molar-refractivity contribution in [3.63, 3.8) is 0 Å². The topological polar surface area (TPSA) is 12.5 Å². The first-order valence-corrected chi connectivity index (χ1v) is 7.24. The first kappa shape index (κ1) is 12.0. The molecule has 0 amide bonds. The summed E-state index contributed by atoms with van der Waals surface area (Å²) in [6.07, 6.45) is 6.29. The summed E-state index contributed by atoms with van der Waals surface area (Å²) in [5, 5.41) is 0. The Bertz CT molecular complexity index is 402. The second kappa shape index (κ2) is 4.93. The van der Waals surface area contributed by atoms with Crippen molar-refractivity contribution < 1.29 is 4.74 Å². The van der Waals surface area contributed by atoms with E-state index in [-0.39, 0.29) is 0 Å². The van der Waals surface area contributed by atoms with Gasteiger partial charge in [0.1, 0.15) is 5.75 Å². The highest BCUT2D eigenvalue weighted by Crippen LogP contribution is 2.33. The molecule has 1 atom stereocenters. The molecule has 2 nitrogen and oxygen atoms in total. The minimum Gasteiger partial charge on any atom is -0.496 e. The van der Waals surface area contributed by atoms with E-state index in [4.69, 9.17) is 4.74 Å². The normalized spacial score (nSPS) is 23.3. The number of likely N-dealkylation sites (tertiary alicyclic amines) is 1. The van der Waals surface area contributed by atoms with Crippen molar-refractivity contribution in [2.45, 2.75) is 45.1 Å². The van der Waals surface area contributed by atoms with Gasteiger partial charge in [-0.3, -0.25) is 4.90 Å². The van der Waals surface area contributed by atoms with Gasteiger partial charge in [-0.25, -0.2) is 0 Å². The van der Waals surface area contributed by atoms with Crippen LogP contribution in [-0.2, 0) is 19.3 Å². The molecule has 0 radical (unpaired) electrons. The van der Waals surface area contributed by atoms with Crippen LogP contribution in [0.15, 0.2) is 12.1 Å². The molecule has 0 aromatic heterocycles. The highest BCUT2D eigenvalue weighted by Gasteiger charge is 2.29. The molecule has 2 heteroatoms. The SMILES string of the molecule is CCc1cc2c(cc1OC)CC(N1CCCC1)C2. The van der Waals surface area contributed by atoms with Crippen LogP contribution >= 0.6 is 0 Å². The minimum atomic E-state index is 0.749. The minimum absolute atomic E-state index is 0.749. The summed E-state index contributed by atoms with van der Waals surface area (Å²) in [6.45, 7) is 4.81. The zero-order chi connectivity index (χ0) is 12.5. The van der Waals surface area contributed by atoms with Gasteiger partial charge in [0.25, 0.3) is 0 Å². The van der Waals surface area contributed by atoms with Crippen LogP contribution in [0, 0.1) is 0 Å². The van der Waals surface area contributed by atoms with E-state index in [0.717, 1.165) is 18.2 Å². The van der Waals surface area contributed by atoms with E-state index in [1.807, 2.05) is 0 Å². The predicted molar refractivity (Wildman–Crippen MR) is 74.4 cm³/mol. The predicted octanol–water partition coefficient (Wildman–Crippen LogP) is 2.82. The number of methoxy groups -OCH3 is 1. The highest BCUT2D eigenvalue weighted by atomic mass is 16.5. The Hall–Kier alpha value is -1.02. The fourth-order valence-corrected chi connectivity index (χ4v) is 3.51. The lowest BCUT2D eigenvalue weighted by atomic mass is 10.0. The summed E-state index contributed by atoms with van der Waals surface area (Å²) < 4.78 is 5.51. The van der Waals surface area contributed by atoms with Gasteiger partial charge in [0.05, 0.1) is 7.11 Å². The van der Waals surface area contributed by atoms with E-state index in [1.165, 1.54) is 49.9 Å². The third-order valence-corrected chi connectivity index (χ3v) is 4.55. The first-order valence-electron chi connectivity index (χ1n) is 7.24. The van der Waals surface area contributed by atoms with Crippen molar-refractivity contribution >= 4 is 0 Å². The number of hydrogen-bond donors (Lipinski definition) is 0. The Balaban J connectivity index is 1.83. The van der Waals surface area contributed by atoms with E-state index >= 15 is 0 Å². The molecule has 1 saturated heterocycles. The quantitative estimate of drug-likeness (QED) is 0.812. The van der Waals surface area contributed by atoms with Crippen LogP contribution in [0.1, 0.15) is 36.5 Å². The molecule has 98 valence electrons. The first-order chi connectivity index (χ1) is 8.81. The van der Waals surface area contributed by atoms with E-state index in [2.05, 4.69) is 24.0 Å².